The molecule has 0 heterocycles. The Labute approximate surface area is 78.7 Å². The van der Waals surface area contributed by atoms with E-state index in [1.807, 2.05) is 26.8 Å². The predicted molar refractivity (Wildman–Crippen MR) is 56.2 cm³/mol. The summed E-state index contributed by atoms with van der Waals surface area (Å²) in [5.41, 5.74) is 0.789. The Morgan fingerprint density at radius 3 is 2.50 bits per heavy atom. The molecule has 0 aliphatic carbocycles. The van der Waals surface area contributed by atoms with Gasteiger partial charge in [-0.05, 0) is 0 Å². The van der Waals surface area contributed by atoms with Crippen LogP contribution in [0, 0.1) is 5.41 Å². The van der Waals surface area contributed by atoms with E-state index < -0.39 is 0 Å². The first-order valence-electron chi connectivity index (χ1n) is 3.92. The quantitative estimate of drug-likeness (QED) is 0.241. The van der Waals surface area contributed by atoms with Crippen molar-refractivity contribution in [1.82, 2.24) is 0 Å². The molecule has 0 fully saturated rings. The first-order chi connectivity index (χ1) is 5.52. The summed E-state index contributed by atoms with van der Waals surface area (Å²) in [5, 5.41) is 12.0. The fourth-order valence-corrected chi connectivity index (χ4v) is 1.60. The molecule has 0 unspecified atom stereocenters. The van der Waals surface area contributed by atoms with E-state index in [1.165, 1.54) is 0 Å². The molecule has 1 N–H and O–H groups in total. The van der Waals surface area contributed by atoms with Crippen molar-refractivity contribution in [3.63, 3.8) is 0 Å². The molecule has 0 bridgehead atoms. The molecule has 0 spiro atoms. The molecule has 0 radical (unpaired) electrons. The van der Waals surface area contributed by atoms with Crippen molar-refractivity contribution in [1.29, 1.82) is 0 Å². The van der Waals surface area contributed by atoms with Crippen molar-refractivity contribution in [2.75, 3.05) is 11.5 Å². The second-order valence-electron chi connectivity index (χ2n) is 3.60. The summed E-state index contributed by atoms with van der Waals surface area (Å²) in [6, 6.07) is 0. The van der Waals surface area contributed by atoms with Gasteiger partial charge in [0.1, 0.15) is 0 Å². The summed E-state index contributed by atoms with van der Waals surface area (Å²) in [5.74, 6) is 1.67. The minimum atomic E-state index is -0.0388. The normalized spacial score (nSPS) is 13.1. The van der Waals surface area contributed by atoms with Crippen molar-refractivity contribution >= 4 is 17.5 Å². The largest absolute Gasteiger partial charge is 0.411 e. The highest BCUT2D eigenvalue weighted by molar-refractivity contribution is 8.00. The Bertz CT molecular complexity index is 170. The zero-order chi connectivity index (χ0) is 9.61. The maximum Gasteiger partial charge on any atom is 0.0722 e. The van der Waals surface area contributed by atoms with Gasteiger partial charge in [0.15, 0.2) is 0 Å². The van der Waals surface area contributed by atoms with Crippen LogP contribution in [-0.2, 0) is 0 Å². The summed E-state index contributed by atoms with van der Waals surface area (Å²) in [6.45, 7) is 9.74. The first-order valence-corrected chi connectivity index (χ1v) is 5.08. The van der Waals surface area contributed by atoms with E-state index in [-0.39, 0.29) is 5.41 Å². The average molecular weight is 187 g/mol. The summed E-state index contributed by atoms with van der Waals surface area (Å²) in [4.78, 5) is 0. The van der Waals surface area contributed by atoms with Crippen molar-refractivity contribution in [2.45, 2.75) is 20.8 Å². The topological polar surface area (TPSA) is 32.6 Å². The van der Waals surface area contributed by atoms with E-state index in [1.54, 1.807) is 11.8 Å². The number of rotatable bonds is 4. The van der Waals surface area contributed by atoms with Crippen LogP contribution >= 0.6 is 11.8 Å². The third-order valence-electron chi connectivity index (χ3n) is 1.46. The fourth-order valence-electron chi connectivity index (χ4n) is 0.634. The SMILES string of the molecule is C=CCSC/C(=N\O)C(C)(C)C. The van der Waals surface area contributed by atoms with Crippen LogP contribution in [0.4, 0.5) is 0 Å². The molecule has 0 aliphatic rings. The fraction of sp³-hybridized carbons (Fsp3) is 0.667. The summed E-state index contributed by atoms with van der Waals surface area (Å²) in [6.07, 6.45) is 1.85. The van der Waals surface area contributed by atoms with Crippen LogP contribution in [0.15, 0.2) is 17.8 Å². The number of nitrogens with zero attached hydrogens (tertiary/aromatic N) is 1. The lowest BCUT2D eigenvalue weighted by Crippen LogP contribution is -2.22. The Balaban J connectivity index is 3.95. The maximum atomic E-state index is 8.71. The second-order valence-corrected chi connectivity index (χ2v) is 4.63. The van der Waals surface area contributed by atoms with Gasteiger partial charge in [-0.2, -0.15) is 11.8 Å². The van der Waals surface area contributed by atoms with Crippen LogP contribution in [0.2, 0.25) is 0 Å². The van der Waals surface area contributed by atoms with Gasteiger partial charge in [-0.1, -0.05) is 32.0 Å². The van der Waals surface area contributed by atoms with E-state index >= 15 is 0 Å². The molecule has 12 heavy (non-hydrogen) atoms. The maximum absolute atomic E-state index is 8.71. The molecule has 0 atom stereocenters. The molecule has 0 amide bonds. The van der Waals surface area contributed by atoms with Gasteiger partial charge < -0.3 is 5.21 Å². The molecule has 0 aromatic rings. The molecule has 0 aromatic heterocycles. The van der Waals surface area contributed by atoms with Gasteiger partial charge in [0.25, 0.3) is 0 Å². The molecule has 0 saturated heterocycles. The summed E-state index contributed by atoms with van der Waals surface area (Å²) >= 11 is 1.70. The molecule has 0 aromatic carbocycles. The van der Waals surface area contributed by atoms with E-state index in [9.17, 15) is 0 Å². The minimum absolute atomic E-state index is 0.0388. The van der Waals surface area contributed by atoms with Gasteiger partial charge in [-0.3, -0.25) is 0 Å². The predicted octanol–water partition coefficient (Wildman–Crippen LogP) is 2.78. The molecule has 3 heteroatoms. The van der Waals surface area contributed by atoms with Crippen LogP contribution in [0.3, 0.4) is 0 Å². The van der Waals surface area contributed by atoms with Gasteiger partial charge in [0.2, 0.25) is 0 Å². The van der Waals surface area contributed by atoms with E-state index in [2.05, 4.69) is 11.7 Å². The standard InChI is InChI=1S/C9H17NOS/c1-5-6-12-7-8(10-11)9(2,3)4/h5,11H,1,6-7H2,2-4H3/b10-8+. The van der Waals surface area contributed by atoms with Gasteiger partial charge >= 0.3 is 0 Å². The molecular formula is C9H17NOS. The summed E-state index contributed by atoms with van der Waals surface area (Å²) < 4.78 is 0. The number of hydrogen-bond donors (Lipinski definition) is 1. The lowest BCUT2D eigenvalue weighted by Gasteiger charge is -2.19. The third kappa shape index (κ3) is 4.44. The Kier molecular flexibility index (Phi) is 5.06. The van der Waals surface area contributed by atoms with Crippen molar-refractivity contribution in [2.24, 2.45) is 10.6 Å². The van der Waals surface area contributed by atoms with Crippen LogP contribution < -0.4 is 0 Å². The lowest BCUT2D eigenvalue weighted by molar-refractivity contribution is 0.311. The minimum Gasteiger partial charge on any atom is -0.411 e. The van der Waals surface area contributed by atoms with Crippen molar-refractivity contribution in [3.05, 3.63) is 12.7 Å². The second kappa shape index (κ2) is 5.25. The smallest absolute Gasteiger partial charge is 0.0722 e. The lowest BCUT2D eigenvalue weighted by atomic mass is 9.91. The molecular weight excluding hydrogens is 170 g/mol. The molecule has 2 nitrogen and oxygen atoms in total. The number of oxime groups is 1. The highest BCUT2D eigenvalue weighted by Gasteiger charge is 2.18. The van der Waals surface area contributed by atoms with Crippen LogP contribution in [0.25, 0.3) is 0 Å². The van der Waals surface area contributed by atoms with Gasteiger partial charge in [0, 0.05) is 16.9 Å². The Morgan fingerprint density at radius 1 is 1.58 bits per heavy atom. The zero-order valence-electron chi connectivity index (χ0n) is 8.00. The van der Waals surface area contributed by atoms with Crippen molar-refractivity contribution in [3.8, 4) is 0 Å². The average Bonchev–Trinajstić information content (AvgIpc) is 1.95. The van der Waals surface area contributed by atoms with Crippen molar-refractivity contribution < 1.29 is 5.21 Å². The molecule has 0 aliphatic heterocycles. The molecule has 70 valence electrons. The summed E-state index contributed by atoms with van der Waals surface area (Å²) in [7, 11) is 0. The van der Waals surface area contributed by atoms with Gasteiger partial charge in [-0.15, -0.1) is 6.58 Å². The van der Waals surface area contributed by atoms with E-state index in [0.29, 0.717) is 0 Å². The first kappa shape index (κ1) is 11.6. The Hall–Kier alpha value is -0.440. The third-order valence-corrected chi connectivity index (χ3v) is 2.41. The Morgan fingerprint density at radius 2 is 2.17 bits per heavy atom. The van der Waals surface area contributed by atoms with Crippen LogP contribution in [0.1, 0.15) is 20.8 Å². The highest BCUT2D eigenvalue weighted by Crippen LogP contribution is 2.19. The molecule has 0 saturated carbocycles. The molecule has 0 rings (SSSR count). The number of thioether (sulfide) groups is 1. The monoisotopic (exact) mass is 187 g/mol. The van der Waals surface area contributed by atoms with E-state index in [0.717, 1.165) is 17.2 Å². The van der Waals surface area contributed by atoms with Gasteiger partial charge in [-0.25, -0.2) is 0 Å². The van der Waals surface area contributed by atoms with E-state index in [4.69, 9.17) is 5.21 Å². The number of hydrogen-bond acceptors (Lipinski definition) is 3. The van der Waals surface area contributed by atoms with Crippen LogP contribution in [-0.4, -0.2) is 22.4 Å². The van der Waals surface area contributed by atoms with Gasteiger partial charge in [0.05, 0.1) is 5.71 Å². The highest BCUT2D eigenvalue weighted by atomic mass is 32.2. The van der Waals surface area contributed by atoms with Crippen LogP contribution in [0.5, 0.6) is 0 Å². The zero-order valence-corrected chi connectivity index (χ0v) is 8.82.